The van der Waals surface area contributed by atoms with Gasteiger partial charge in [-0.15, -0.1) is 5.10 Å². The van der Waals surface area contributed by atoms with E-state index in [1.807, 2.05) is 30.3 Å². The third-order valence-electron chi connectivity index (χ3n) is 3.13. The lowest BCUT2D eigenvalue weighted by Crippen LogP contribution is -2.24. The Morgan fingerprint density at radius 3 is 2.62 bits per heavy atom. The zero-order chi connectivity index (χ0) is 16.8. The predicted octanol–water partition coefficient (Wildman–Crippen LogP) is 2.19. The molecule has 0 radical (unpaired) electrons. The summed E-state index contributed by atoms with van der Waals surface area (Å²) in [6.07, 6.45) is 1.40. The smallest absolute Gasteiger partial charge is 0.274 e. The highest BCUT2D eigenvalue weighted by atomic mass is 19.1. The van der Waals surface area contributed by atoms with E-state index in [4.69, 9.17) is 0 Å². The van der Waals surface area contributed by atoms with Gasteiger partial charge in [0.05, 0.1) is 18.4 Å². The van der Waals surface area contributed by atoms with Crippen LogP contribution in [0.15, 0.2) is 60.8 Å². The van der Waals surface area contributed by atoms with Gasteiger partial charge >= 0.3 is 0 Å². The maximum Gasteiger partial charge on any atom is 0.274 e. The molecule has 0 saturated heterocycles. The van der Waals surface area contributed by atoms with Crippen LogP contribution in [0.2, 0.25) is 0 Å². The number of nitrogens with one attached hydrogen (secondary N) is 1. The number of aromatic nitrogens is 3. The fraction of sp³-hybridized carbons (Fsp3) is 0.0556. The molecule has 0 atom stereocenters. The van der Waals surface area contributed by atoms with Crippen LogP contribution in [0.4, 0.5) is 4.39 Å². The van der Waals surface area contributed by atoms with Crippen LogP contribution in [-0.4, -0.2) is 27.4 Å². The van der Waals surface area contributed by atoms with Crippen molar-refractivity contribution in [1.29, 1.82) is 0 Å². The monoisotopic (exact) mass is 320 g/mol. The number of halogens is 1. The van der Waals surface area contributed by atoms with Crippen molar-refractivity contribution in [3.63, 3.8) is 0 Å². The summed E-state index contributed by atoms with van der Waals surface area (Å²) in [5.74, 6) is 4.97. The first kappa shape index (κ1) is 15.4. The molecule has 3 aromatic rings. The van der Waals surface area contributed by atoms with Crippen molar-refractivity contribution < 1.29 is 9.18 Å². The van der Waals surface area contributed by atoms with Crippen LogP contribution >= 0.6 is 0 Å². The molecular weight excluding hydrogens is 307 g/mol. The van der Waals surface area contributed by atoms with Gasteiger partial charge in [-0.05, 0) is 36.4 Å². The number of para-hydroxylation sites is 1. The number of amides is 1. The van der Waals surface area contributed by atoms with Gasteiger partial charge in [0.15, 0.2) is 5.69 Å². The molecule has 5 nitrogen and oxygen atoms in total. The lowest BCUT2D eigenvalue weighted by Gasteiger charge is -1.98. The second-order valence-corrected chi connectivity index (χ2v) is 4.85. The molecule has 118 valence electrons. The Kier molecular flexibility index (Phi) is 4.63. The molecule has 0 aliphatic rings. The summed E-state index contributed by atoms with van der Waals surface area (Å²) >= 11 is 0. The Morgan fingerprint density at radius 1 is 1.12 bits per heavy atom. The number of carbonyl (C=O) groups is 1. The lowest BCUT2D eigenvalue weighted by atomic mass is 10.2. The molecule has 0 fully saturated rings. The van der Waals surface area contributed by atoms with Crippen LogP contribution in [0, 0.1) is 17.7 Å². The normalized spacial score (nSPS) is 9.88. The highest BCUT2D eigenvalue weighted by molar-refractivity contribution is 5.92. The molecule has 2 aromatic carbocycles. The second kappa shape index (κ2) is 7.20. The maximum absolute atomic E-state index is 12.8. The van der Waals surface area contributed by atoms with Crippen LogP contribution in [0.5, 0.6) is 0 Å². The van der Waals surface area contributed by atoms with Crippen molar-refractivity contribution >= 4 is 5.91 Å². The second-order valence-electron chi connectivity index (χ2n) is 4.85. The van der Waals surface area contributed by atoms with Gasteiger partial charge in [0, 0.05) is 5.56 Å². The molecule has 1 amide bonds. The van der Waals surface area contributed by atoms with E-state index in [9.17, 15) is 9.18 Å². The average molecular weight is 320 g/mol. The Hall–Kier alpha value is -3.46. The summed E-state index contributed by atoms with van der Waals surface area (Å²) < 4.78 is 12.8. The lowest BCUT2D eigenvalue weighted by molar-refractivity contribution is 0.0953. The van der Waals surface area contributed by atoms with Crippen LogP contribution in [0.25, 0.3) is 5.69 Å². The van der Waals surface area contributed by atoms with Crippen molar-refractivity contribution in [3.05, 3.63) is 77.9 Å². The fourth-order valence-corrected chi connectivity index (χ4v) is 1.95. The molecule has 0 bridgehead atoms. The van der Waals surface area contributed by atoms with E-state index >= 15 is 0 Å². The molecule has 6 heteroatoms. The number of nitrogens with zero attached hydrogens (tertiary/aromatic N) is 3. The largest absolute Gasteiger partial charge is 0.340 e. The number of benzene rings is 2. The van der Waals surface area contributed by atoms with E-state index in [0.717, 1.165) is 5.69 Å². The highest BCUT2D eigenvalue weighted by Gasteiger charge is 2.10. The fourth-order valence-electron chi connectivity index (χ4n) is 1.95. The van der Waals surface area contributed by atoms with Crippen molar-refractivity contribution in [3.8, 4) is 17.5 Å². The molecule has 1 heterocycles. The van der Waals surface area contributed by atoms with Gasteiger partial charge in [0.25, 0.3) is 5.91 Å². The third kappa shape index (κ3) is 3.84. The quantitative estimate of drug-likeness (QED) is 0.753. The minimum atomic E-state index is -0.356. The minimum absolute atomic E-state index is 0.161. The Labute approximate surface area is 138 Å². The zero-order valence-electron chi connectivity index (χ0n) is 12.6. The molecule has 0 aliphatic heterocycles. The molecule has 0 saturated carbocycles. The molecular formula is C18H13FN4O. The average Bonchev–Trinajstić information content (AvgIpc) is 3.11. The van der Waals surface area contributed by atoms with Crippen molar-refractivity contribution in [2.45, 2.75) is 0 Å². The summed E-state index contributed by atoms with van der Waals surface area (Å²) in [6.45, 7) is 0.161. The first-order chi connectivity index (χ1) is 11.7. The van der Waals surface area contributed by atoms with E-state index in [2.05, 4.69) is 27.4 Å². The summed E-state index contributed by atoms with van der Waals surface area (Å²) in [6, 6.07) is 15.1. The van der Waals surface area contributed by atoms with Crippen molar-refractivity contribution in [1.82, 2.24) is 20.3 Å². The molecule has 0 aliphatic carbocycles. The Balaban J connectivity index is 1.58. The number of hydrogen-bond acceptors (Lipinski definition) is 3. The molecule has 0 unspecified atom stereocenters. The molecule has 0 spiro atoms. The summed E-state index contributed by atoms with van der Waals surface area (Å²) in [7, 11) is 0. The SMILES string of the molecule is O=C(NCC#Cc1ccc(F)cc1)c1cnn(-c2ccccc2)n1. The van der Waals surface area contributed by atoms with Crippen LogP contribution in [0.3, 0.4) is 0 Å². The van der Waals surface area contributed by atoms with Gasteiger partial charge in [-0.3, -0.25) is 4.79 Å². The molecule has 1 aromatic heterocycles. The van der Waals surface area contributed by atoms with Crippen LogP contribution < -0.4 is 5.32 Å². The van der Waals surface area contributed by atoms with Crippen LogP contribution in [0.1, 0.15) is 16.1 Å². The van der Waals surface area contributed by atoms with Gasteiger partial charge in [-0.2, -0.15) is 9.90 Å². The molecule has 3 rings (SSSR count). The third-order valence-corrected chi connectivity index (χ3v) is 3.13. The minimum Gasteiger partial charge on any atom is -0.340 e. The van der Waals surface area contributed by atoms with E-state index in [-0.39, 0.29) is 24.0 Å². The summed E-state index contributed by atoms with van der Waals surface area (Å²) in [5.41, 5.74) is 1.66. The van der Waals surface area contributed by atoms with E-state index in [1.54, 1.807) is 12.1 Å². The molecule has 1 N–H and O–H groups in total. The first-order valence-electron chi connectivity index (χ1n) is 7.23. The maximum atomic E-state index is 12.8. The van der Waals surface area contributed by atoms with Gasteiger partial charge in [-0.25, -0.2) is 4.39 Å². The summed E-state index contributed by atoms with van der Waals surface area (Å²) in [5, 5.41) is 10.8. The highest BCUT2D eigenvalue weighted by Crippen LogP contribution is 2.04. The number of hydrogen-bond donors (Lipinski definition) is 1. The zero-order valence-corrected chi connectivity index (χ0v) is 12.6. The van der Waals surface area contributed by atoms with E-state index in [0.29, 0.717) is 5.56 Å². The predicted molar refractivity (Wildman–Crippen MR) is 87.0 cm³/mol. The number of carbonyl (C=O) groups excluding carboxylic acids is 1. The van der Waals surface area contributed by atoms with Gasteiger partial charge in [0.1, 0.15) is 5.82 Å². The van der Waals surface area contributed by atoms with Crippen molar-refractivity contribution in [2.24, 2.45) is 0 Å². The number of rotatable bonds is 3. The molecule has 24 heavy (non-hydrogen) atoms. The van der Waals surface area contributed by atoms with Gasteiger partial charge < -0.3 is 5.32 Å². The van der Waals surface area contributed by atoms with Crippen molar-refractivity contribution in [2.75, 3.05) is 6.54 Å². The Morgan fingerprint density at radius 2 is 1.88 bits per heavy atom. The van der Waals surface area contributed by atoms with Gasteiger partial charge in [0.2, 0.25) is 0 Å². The van der Waals surface area contributed by atoms with E-state index < -0.39 is 0 Å². The standard InChI is InChI=1S/C18H13FN4O/c19-15-10-8-14(9-11-15)5-4-12-20-18(24)17-13-21-23(22-17)16-6-2-1-3-7-16/h1-3,6-11,13H,12H2,(H,20,24). The van der Waals surface area contributed by atoms with Gasteiger partial charge in [-0.1, -0.05) is 30.0 Å². The van der Waals surface area contributed by atoms with Crippen LogP contribution in [-0.2, 0) is 0 Å². The summed E-state index contributed by atoms with van der Waals surface area (Å²) in [4.78, 5) is 13.4. The Bertz CT molecular complexity index is 892. The van der Waals surface area contributed by atoms with E-state index in [1.165, 1.54) is 23.1 Å². The first-order valence-corrected chi connectivity index (χ1v) is 7.23. The topological polar surface area (TPSA) is 59.8 Å².